The summed E-state index contributed by atoms with van der Waals surface area (Å²) in [4.78, 5) is 11.9. The van der Waals surface area contributed by atoms with E-state index < -0.39 is 0 Å². The molecule has 0 aromatic heterocycles. The van der Waals surface area contributed by atoms with Crippen molar-refractivity contribution in [2.24, 2.45) is 0 Å². The number of nitrogens with one attached hydrogen (secondary N) is 2. The SMILES string of the molecule is Cc1cc(OCC(=O)N[C@H]2CCCNC2)ccc1C(C)C.Cl. The number of benzene rings is 1. The lowest BCUT2D eigenvalue weighted by atomic mass is 9.98. The van der Waals surface area contributed by atoms with Crippen molar-refractivity contribution >= 4 is 18.3 Å². The average Bonchev–Trinajstić information content (AvgIpc) is 2.46. The molecule has 1 saturated heterocycles. The van der Waals surface area contributed by atoms with Crippen LogP contribution in [0.4, 0.5) is 0 Å². The molecule has 0 radical (unpaired) electrons. The Kier molecular flexibility index (Phi) is 7.69. The van der Waals surface area contributed by atoms with Crippen molar-refractivity contribution < 1.29 is 9.53 Å². The van der Waals surface area contributed by atoms with Gasteiger partial charge in [-0.05, 0) is 55.5 Å². The number of carbonyl (C=O) groups is 1. The number of aryl methyl sites for hydroxylation is 1. The molecular weight excluding hydrogens is 300 g/mol. The zero-order chi connectivity index (χ0) is 15.2. The number of piperidine rings is 1. The molecule has 1 aliphatic rings. The molecule has 0 spiro atoms. The fourth-order valence-corrected chi connectivity index (χ4v) is 2.78. The van der Waals surface area contributed by atoms with Crippen molar-refractivity contribution in [2.75, 3.05) is 19.7 Å². The summed E-state index contributed by atoms with van der Waals surface area (Å²) >= 11 is 0. The Balaban J connectivity index is 0.00000242. The maximum Gasteiger partial charge on any atom is 0.258 e. The van der Waals surface area contributed by atoms with Gasteiger partial charge in [0.1, 0.15) is 5.75 Å². The first kappa shape index (κ1) is 18.8. The van der Waals surface area contributed by atoms with Crippen molar-refractivity contribution in [2.45, 2.75) is 45.6 Å². The lowest BCUT2D eigenvalue weighted by Gasteiger charge is -2.23. The Morgan fingerprint density at radius 2 is 2.23 bits per heavy atom. The lowest BCUT2D eigenvalue weighted by Crippen LogP contribution is -2.46. The van der Waals surface area contributed by atoms with E-state index in [1.54, 1.807) is 0 Å². The van der Waals surface area contributed by atoms with Crippen LogP contribution in [-0.4, -0.2) is 31.6 Å². The van der Waals surface area contributed by atoms with E-state index >= 15 is 0 Å². The first-order valence-electron chi connectivity index (χ1n) is 7.79. The van der Waals surface area contributed by atoms with Crippen molar-refractivity contribution in [3.8, 4) is 5.75 Å². The van der Waals surface area contributed by atoms with Gasteiger partial charge in [-0.25, -0.2) is 0 Å². The van der Waals surface area contributed by atoms with Crippen LogP contribution in [0.1, 0.15) is 43.7 Å². The van der Waals surface area contributed by atoms with Gasteiger partial charge in [-0.1, -0.05) is 19.9 Å². The molecule has 1 atom stereocenters. The maximum absolute atomic E-state index is 11.9. The number of ether oxygens (including phenoxy) is 1. The molecule has 124 valence electrons. The summed E-state index contributed by atoms with van der Waals surface area (Å²) in [5.41, 5.74) is 2.53. The number of amides is 1. The molecule has 5 heteroatoms. The molecule has 2 rings (SSSR count). The van der Waals surface area contributed by atoms with Gasteiger partial charge in [0.25, 0.3) is 5.91 Å². The monoisotopic (exact) mass is 326 g/mol. The van der Waals surface area contributed by atoms with E-state index in [4.69, 9.17) is 4.74 Å². The fraction of sp³-hybridized carbons (Fsp3) is 0.588. The highest BCUT2D eigenvalue weighted by Gasteiger charge is 2.15. The number of carbonyl (C=O) groups excluding carboxylic acids is 1. The molecule has 1 aromatic rings. The quantitative estimate of drug-likeness (QED) is 0.874. The zero-order valence-corrected chi connectivity index (χ0v) is 14.5. The van der Waals surface area contributed by atoms with Gasteiger partial charge >= 0.3 is 0 Å². The lowest BCUT2D eigenvalue weighted by molar-refractivity contribution is -0.123. The van der Waals surface area contributed by atoms with Gasteiger partial charge in [-0.3, -0.25) is 4.79 Å². The molecule has 0 bridgehead atoms. The third-order valence-corrected chi connectivity index (χ3v) is 3.90. The summed E-state index contributed by atoms with van der Waals surface area (Å²) in [6.07, 6.45) is 2.16. The van der Waals surface area contributed by atoms with Crippen LogP contribution in [0.3, 0.4) is 0 Å². The standard InChI is InChI=1S/C17H26N2O2.ClH/c1-12(2)16-7-6-15(9-13(16)3)21-11-17(20)19-14-5-4-8-18-10-14;/h6-7,9,12,14,18H,4-5,8,10-11H2,1-3H3,(H,19,20);1H/t14-;/m0./s1. The summed E-state index contributed by atoms with van der Waals surface area (Å²) in [5, 5.41) is 6.29. The largest absolute Gasteiger partial charge is 0.484 e. The van der Waals surface area contributed by atoms with Gasteiger partial charge in [0.05, 0.1) is 0 Å². The highest BCUT2D eigenvalue weighted by Crippen LogP contribution is 2.23. The van der Waals surface area contributed by atoms with Gasteiger partial charge in [-0.15, -0.1) is 12.4 Å². The van der Waals surface area contributed by atoms with Crippen LogP contribution in [0.25, 0.3) is 0 Å². The number of hydrogen-bond acceptors (Lipinski definition) is 3. The molecule has 0 saturated carbocycles. The molecule has 1 aliphatic heterocycles. The summed E-state index contributed by atoms with van der Waals surface area (Å²) in [7, 11) is 0. The summed E-state index contributed by atoms with van der Waals surface area (Å²) < 4.78 is 5.59. The minimum atomic E-state index is -0.0470. The summed E-state index contributed by atoms with van der Waals surface area (Å²) in [5.74, 6) is 1.21. The second-order valence-corrected chi connectivity index (χ2v) is 6.07. The molecular formula is C17H27ClN2O2. The first-order valence-corrected chi connectivity index (χ1v) is 7.79. The molecule has 2 N–H and O–H groups in total. The molecule has 1 fully saturated rings. The molecule has 4 nitrogen and oxygen atoms in total. The minimum absolute atomic E-state index is 0. The zero-order valence-electron chi connectivity index (χ0n) is 13.6. The normalized spacial score (nSPS) is 17.7. The topological polar surface area (TPSA) is 50.4 Å². The second kappa shape index (κ2) is 9.01. The van der Waals surface area contributed by atoms with Crippen LogP contribution in [0.5, 0.6) is 5.75 Å². The first-order chi connectivity index (χ1) is 10.1. The van der Waals surface area contributed by atoms with E-state index in [2.05, 4.69) is 37.5 Å². The summed E-state index contributed by atoms with van der Waals surface area (Å²) in [6.45, 7) is 8.41. The molecule has 1 aromatic carbocycles. The molecule has 0 aliphatic carbocycles. The predicted molar refractivity (Wildman–Crippen MR) is 92.0 cm³/mol. The van der Waals surface area contributed by atoms with Gasteiger partial charge in [0, 0.05) is 12.6 Å². The Morgan fingerprint density at radius 3 is 2.82 bits per heavy atom. The third-order valence-electron chi connectivity index (χ3n) is 3.90. The average molecular weight is 327 g/mol. The van der Waals surface area contributed by atoms with Gasteiger partial charge in [0.15, 0.2) is 6.61 Å². The maximum atomic E-state index is 11.9. The Bertz CT molecular complexity index is 486. The van der Waals surface area contributed by atoms with E-state index in [-0.39, 0.29) is 31.0 Å². The van der Waals surface area contributed by atoms with Crippen molar-refractivity contribution in [3.63, 3.8) is 0 Å². The second-order valence-electron chi connectivity index (χ2n) is 6.07. The highest BCUT2D eigenvalue weighted by molar-refractivity contribution is 5.85. The highest BCUT2D eigenvalue weighted by atomic mass is 35.5. The fourth-order valence-electron chi connectivity index (χ4n) is 2.78. The van der Waals surface area contributed by atoms with Gasteiger partial charge in [0.2, 0.25) is 0 Å². The minimum Gasteiger partial charge on any atom is -0.484 e. The van der Waals surface area contributed by atoms with Gasteiger partial charge < -0.3 is 15.4 Å². The van der Waals surface area contributed by atoms with Crippen LogP contribution in [0, 0.1) is 6.92 Å². The number of halogens is 1. The molecule has 1 heterocycles. The molecule has 1 amide bonds. The Labute approximate surface area is 139 Å². The number of hydrogen-bond donors (Lipinski definition) is 2. The van der Waals surface area contributed by atoms with Crippen molar-refractivity contribution in [1.29, 1.82) is 0 Å². The van der Waals surface area contributed by atoms with E-state index in [0.29, 0.717) is 5.92 Å². The van der Waals surface area contributed by atoms with Crippen LogP contribution < -0.4 is 15.4 Å². The van der Waals surface area contributed by atoms with Gasteiger partial charge in [-0.2, -0.15) is 0 Å². The molecule has 22 heavy (non-hydrogen) atoms. The smallest absolute Gasteiger partial charge is 0.258 e. The van der Waals surface area contributed by atoms with E-state index in [1.807, 2.05) is 12.1 Å². The van der Waals surface area contributed by atoms with Crippen LogP contribution in [-0.2, 0) is 4.79 Å². The summed E-state index contributed by atoms with van der Waals surface area (Å²) in [6, 6.07) is 6.26. The third kappa shape index (κ3) is 5.50. The van der Waals surface area contributed by atoms with E-state index in [0.717, 1.165) is 31.7 Å². The van der Waals surface area contributed by atoms with Crippen molar-refractivity contribution in [1.82, 2.24) is 10.6 Å². The Morgan fingerprint density at radius 1 is 1.45 bits per heavy atom. The molecule has 0 unspecified atom stereocenters. The van der Waals surface area contributed by atoms with Crippen LogP contribution in [0.15, 0.2) is 18.2 Å². The van der Waals surface area contributed by atoms with Crippen LogP contribution in [0.2, 0.25) is 0 Å². The van der Waals surface area contributed by atoms with E-state index in [1.165, 1.54) is 11.1 Å². The predicted octanol–water partition coefficient (Wildman–Crippen LogP) is 2.79. The van der Waals surface area contributed by atoms with E-state index in [9.17, 15) is 4.79 Å². The number of rotatable bonds is 5. The van der Waals surface area contributed by atoms with Crippen molar-refractivity contribution in [3.05, 3.63) is 29.3 Å². The Hall–Kier alpha value is -1.26. The van der Waals surface area contributed by atoms with Crippen LogP contribution >= 0.6 is 12.4 Å².